The molecule has 0 bridgehead atoms. The number of rotatable bonds is 7. The minimum atomic E-state index is 0.0313. The van der Waals surface area contributed by atoms with Crippen LogP contribution in [0.3, 0.4) is 0 Å². The largest absolute Gasteiger partial charge is 0.355 e. The highest BCUT2D eigenvalue weighted by molar-refractivity contribution is 5.80. The predicted octanol–water partition coefficient (Wildman–Crippen LogP) is 2.53. The van der Waals surface area contributed by atoms with E-state index in [2.05, 4.69) is 34.8 Å². The summed E-state index contributed by atoms with van der Waals surface area (Å²) < 4.78 is 0. The summed E-state index contributed by atoms with van der Waals surface area (Å²) in [6, 6.07) is 0.398. The van der Waals surface area contributed by atoms with Gasteiger partial charge in [0.15, 0.2) is 5.96 Å². The molecule has 23 heavy (non-hydrogen) atoms. The van der Waals surface area contributed by atoms with Crippen molar-refractivity contribution in [2.45, 2.75) is 65.8 Å². The quantitative estimate of drug-likeness (QED) is 0.383. The molecule has 0 aliphatic heterocycles. The molecule has 0 spiro atoms. The van der Waals surface area contributed by atoms with Gasteiger partial charge in [-0.2, -0.15) is 0 Å². The van der Waals surface area contributed by atoms with E-state index >= 15 is 0 Å². The minimum absolute atomic E-state index is 0.0313. The van der Waals surface area contributed by atoms with Crippen LogP contribution >= 0.6 is 0 Å². The lowest BCUT2D eigenvalue weighted by atomic mass is 9.78. The fraction of sp³-hybridized carbons (Fsp3) is 0.889. The van der Waals surface area contributed by atoms with Gasteiger partial charge in [-0.1, -0.05) is 52.9 Å². The molecule has 5 heteroatoms. The van der Waals surface area contributed by atoms with Gasteiger partial charge in [-0.3, -0.25) is 9.79 Å². The number of carbonyl (C=O) groups is 1. The number of amides is 1. The van der Waals surface area contributed by atoms with Gasteiger partial charge in [0, 0.05) is 32.1 Å². The van der Waals surface area contributed by atoms with E-state index in [1.165, 1.54) is 32.1 Å². The highest BCUT2D eigenvalue weighted by atomic mass is 16.1. The first-order valence-electron chi connectivity index (χ1n) is 9.20. The Morgan fingerprint density at radius 1 is 1.04 bits per heavy atom. The van der Waals surface area contributed by atoms with E-state index in [9.17, 15) is 4.79 Å². The van der Waals surface area contributed by atoms with E-state index in [1.807, 2.05) is 13.8 Å². The highest BCUT2D eigenvalue weighted by Gasteiger charge is 2.24. The van der Waals surface area contributed by atoms with Gasteiger partial charge < -0.3 is 16.0 Å². The molecule has 0 aromatic rings. The molecule has 0 aromatic heterocycles. The normalized spacial score (nSPS) is 19.3. The van der Waals surface area contributed by atoms with Gasteiger partial charge in [-0.25, -0.2) is 0 Å². The summed E-state index contributed by atoms with van der Waals surface area (Å²) in [7, 11) is 1.79. The Bertz CT molecular complexity index is 375. The molecular formula is C18H36N4O. The summed E-state index contributed by atoms with van der Waals surface area (Å²) in [5, 5.41) is 9.68. The van der Waals surface area contributed by atoms with Crippen molar-refractivity contribution in [1.82, 2.24) is 16.0 Å². The topological polar surface area (TPSA) is 65.5 Å². The first-order chi connectivity index (χ1) is 11.0. The van der Waals surface area contributed by atoms with Crippen LogP contribution in [0, 0.1) is 17.8 Å². The summed E-state index contributed by atoms with van der Waals surface area (Å²) in [4.78, 5) is 15.8. The van der Waals surface area contributed by atoms with Gasteiger partial charge in [0.05, 0.1) is 0 Å². The first kappa shape index (κ1) is 19.8. The third-order valence-corrected chi connectivity index (χ3v) is 5.01. The molecule has 0 radical (unpaired) electrons. The van der Waals surface area contributed by atoms with E-state index < -0.39 is 0 Å². The van der Waals surface area contributed by atoms with Crippen LogP contribution in [0.4, 0.5) is 0 Å². The van der Waals surface area contributed by atoms with Crippen LogP contribution < -0.4 is 16.0 Å². The van der Waals surface area contributed by atoms with Crippen molar-refractivity contribution in [2.75, 3.05) is 20.1 Å². The molecule has 1 saturated carbocycles. The van der Waals surface area contributed by atoms with E-state index in [0.29, 0.717) is 25.0 Å². The number of nitrogens with zero attached hydrogens (tertiary/aromatic N) is 1. The second-order valence-electron chi connectivity index (χ2n) is 7.13. The number of nitrogens with one attached hydrogen (secondary N) is 3. The van der Waals surface area contributed by atoms with Crippen molar-refractivity contribution in [2.24, 2.45) is 22.7 Å². The fourth-order valence-corrected chi connectivity index (χ4v) is 3.18. The zero-order valence-electron chi connectivity index (χ0n) is 15.6. The maximum atomic E-state index is 11.5. The van der Waals surface area contributed by atoms with E-state index in [-0.39, 0.29) is 11.8 Å². The molecule has 1 rings (SSSR count). The van der Waals surface area contributed by atoms with E-state index in [0.717, 1.165) is 11.9 Å². The Morgan fingerprint density at radius 2 is 1.65 bits per heavy atom. The summed E-state index contributed by atoms with van der Waals surface area (Å²) >= 11 is 0. The molecule has 2 unspecified atom stereocenters. The van der Waals surface area contributed by atoms with Crippen molar-refractivity contribution in [1.29, 1.82) is 0 Å². The third kappa shape index (κ3) is 7.23. The molecule has 1 amide bonds. The van der Waals surface area contributed by atoms with Gasteiger partial charge in [0.25, 0.3) is 0 Å². The molecule has 1 aliphatic carbocycles. The van der Waals surface area contributed by atoms with Crippen molar-refractivity contribution < 1.29 is 4.79 Å². The average Bonchev–Trinajstić information content (AvgIpc) is 2.57. The maximum absolute atomic E-state index is 11.5. The lowest BCUT2D eigenvalue weighted by molar-refractivity contribution is -0.123. The van der Waals surface area contributed by atoms with Crippen molar-refractivity contribution in [3.05, 3.63) is 0 Å². The van der Waals surface area contributed by atoms with Gasteiger partial charge in [0.1, 0.15) is 0 Å². The smallest absolute Gasteiger partial charge is 0.222 e. The molecule has 0 aromatic carbocycles. The highest BCUT2D eigenvalue weighted by Crippen LogP contribution is 2.31. The zero-order chi connectivity index (χ0) is 17.2. The van der Waals surface area contributed by atoms with Gasteiger partial charge >= 0.3 is 0 Å². The van der Waals surface area contributed by atoms with Gasteiger partial charge in [-0.05, 0) is 18.8 Å². The first-order valence-corrected chi connectivity index (χ1v) is 9.20. The maximum Gasteiger partial charge on any atom is 0.222 e. The molecule has 134 valence electrons. The standard InChI is InChI=1S/C18H36N4O/c1-13(2)17(23)20-11-12-21-18(19-5)22-15(4)14(3)16-9-7-6-8-10-16/h13-16H,6-12H2,1-5H3,(H,20,23)(H2,19,21,22). The Labute approximate surface area is 142 Å². The molecule has 3 N–H and O–H groups in total. The molecule has 0 heterocycles. The van der Waals surface area contributed by atoms with Crippen LogP contribution in [0.5, 0.6) is 0 Å². The lowest BCUT2D eigenvalue weighted by Crippen LogP contribution is -2.48. The Hall–Kier alpha value is -1.26. The monoisotopic (exact) mass is 324 g/mol. The number of hydrogen-bond acceptors (Lipinski definition) is 2. The average molecular weight is 325 g/mol. The molecule has 0 saturated heterocycles. The molecule has 1 aliphatic rings. The van der Waals surface area contributed by atoms with Crippen molar-refractivity contribution in [3.8, 4) is 0 Å². The van der Waals surface area contributed by atoms with E-state index in [1.54, 1.807) is 7.05 Å². The number of aliphatic imine (C=N–C) groups is 1. The van der Waals surface area contributed by atoms with Gasteiger partial charge in [0.2, 0.25) is 5.91 Å². The Balaban J connectivity index is 2.30. The summed E-state index contributed by atoms with van der Waals surface area (Å²) in [6.07, 6.45) is 6.88. The van der Waals surface area contributed by atoms with Gasteiger partial charge in [-0.15, -0.1) is 0 Å². The van der Waals surface area contributed by atoms with Crippen LogP contribution in [0.25, 0.3) is 0 Å². The van der Waals surface area contributed by atoms with E-state index in [4.69, 9.17) is 0 Å². The summed E-state index contributed by atoms with van der Waals surface area (Å²) in [6.45, 7) is 9.69. The van der Waals surface area contributed by atoms with Crippen LogP contribution in [0.2, 0.25) is 0 Å². The molecule has 2 atom stereocenters. The SMILES string of the molecule is CN=C(NCCNC(=O)C(C)C)NC(C)C(C)C1CCCCC1. The molecular weight excluding hydrogens is 288 g/mol. The summed E-state index contributed by atoms with van der Waals surface area (Å²) in [5.74, 6) is 2.42. The predicted molar refractivity (Wildman–Crippen MR) is 97.5 cm³/mol. The molecule has 1 fully saturated rings. The van der Waals surface area contributed by atoms with Crippen LogP contribution in [-0.4, -0.2) is 38.0 Å². The summed E-state index contributed by atoms with van der Waals surface area (Å²) in [5.41, 5.74) is 0. The van der Waals surface area contributed by atoms with Crippen molar-refractivity contribution >= 4 is 11.9 Å². The molecule has 5 nitrogen and oxygen atoms in total. The fourth-order valence-electron chi connectivity index (χ4n) is 3.18. The van der Waals surface area contributed by atoms with Crippen molar-refractivity contribution in [3.63, 3.8) is 0 Å². The zero-order valence-corrected chi connectivity index (χ0v) is 15.6. The number of hydrogen-bond donors (Lipinski definition) is 3. The van der Waals surface area contributed by atoms with Crippen LogP contribution in [0.15, 0.2) is 4.99 Å². The minimum Gasteiger partial charge on any atom is -0.355 e. The second-order valence-corrected chi connectivity index (χ2v) is 7.13. The number of guanidine groups is 1. The lowest BCUT2D eigenvalue weighted by Gasteiger charge is -2.32. The van der Waals surface area contributed by atoms with Crippen LogP contribution in [0.1, 0.15) is 59.8 Å². The number of carbonyl (C=O) groups excluding carboxylic acids is 1. The Morgan fingerprint density at radius 3 is 2.22 bits per heavy atom. The second kappa shape index (κ2) is 10.5. The third-order valence-electron chi connectivity index (χ3n) is 5.01. The van der Waals surface area contributed by atoms with Crippen LogP contribution in [-0.2, 0) is 4.79 Å². The Kier molecular flexibility index (Phi) is 9.03.